The Morgan fingerprint density at radius 2 is 2.10 bits per heavy atom. The molecule has 2 heteroatoms. The first-order chi connectivity index (χ1) is 4.77. The molecule has 0 aliphatic carbocycles. The lowest BCUT2D eigenvalue weighted by Crippen LogP contribution is -2.17. The van der Waals surface area contributed by atoms with Crippen LogP contribution in [-0.2, 0) is 0 Å². The Bertz CT molecular complexity index is 64.3. The summed E-state index contributed by atoms with van der Waals surface area (Å²) < 4.78 is 0. The van der Waals surface area contributed by atoms with Crippen LogP contribution >= 0.6 is 11.8 Å². The van der Waals surface area contributed by atoms with E-state index in [4.69, 9.17) is 5.73 Å². The molecule has 62 valence electrons. The predicted octanol–water partition coefficient (Wildman–Crippen LogP) is 2.26. The first-order valence-electron chi connectivity index (χ1n) is 4.10. The zero-order valence-corrected chi connectivity index (χ0v) is 7.91. The highest BCUT2D eigenvalue weighted by atomic mass is 32.2. The lowest BCUT2D eigenvalue weighted by Gasteiger charge is -2.03. The molecule has 0 aliphatic heterocycles. The van der Waals surface area contributed by atoms with Crippen LogP contribution in [0.15, 0.2) is 0 Å². The fourth-order valence-electron chi connectivity index (χ4n) is 0.723. The molecular weight excluding hydrogens is 142 g/mol. The average Bonchev–Trinajstić information content (AvgIpc) is 1.87. The molecule has 0 fully saturated rings. The van der Waals surface area contributed by atoms with Gasteiger partial charge in [0.05, 0.1) is 0 Å². The van der Waals surface area contributed by atoms with Gasteiger partial charge in [-0.05, 0) is 19.1 Å². The van der Waals surface area contributed by atoms with E-state index in [9.17, 15) is 0 Å². The van der Waals surface area contributed by atoms with E-state index in [1.165, 1.54) is 25.0 Å². The van der Waals surface area contributed by atoms with Crippen molar-refractivity contribution >= 4 is 11.8 Å². The molecule has 0 saturated heterocycles. The Morgan fingerprint density at radius 3 is 2.60 bits per heavy atom. The Kier molecular flexibility index (Phi) is 7.65. The highest BCUT2D eigenvalue weighted by Gasteiger charge is 1.92. The van der Waals surface area contributed by atoms with Crippen molar-refractivity contribution in [1.29, 1.82) is 0 Å². The summed E-state index contributed by atoms with van der Waals surface area (Å²) in [5.74, 6) is 2.40. The van der Waals surface area contributed by atoms with E-state index < -0.39 is 0 Å². The van der Waals surface area contributed by atoms with Crippen LogP contribution < -0.4 is 5.73 Å². The molecule has 0 spiro atoms. The smallest absolute Gasteiger partial charge is 0.0101 e. The fraction of sp³-hybridized carbons (Fsp3) is 1.00. The van der Waals surface area contributed by atoms with E-state index >= 15 is 0 Å². The average molecular weight is 161 g/mol. The van der Waals surface area contributed by atoms with Crippen LogP contribution in [0.4, 0.5) is 0 Å². The van der Waals surface area contributed by atoms with Gasteiger partial charge in [0.1, 0.15) is 0 Å². The van der Waals surface area contributed by atoms with Crippen molar-refractivity contribution in [3.8, 4) is 0 Å². The molecule has 1 atom stereocenters. The minimum Gasteiger partial charge on any atom is -0.327 e. The van der Waals surface area contributed by atoms with E-state index in [-0.39, 0.29) is 0 Å². The summed E-state index contributed by atoms with van der Waals surface area (Å²) in [6.45, 7) is 4.29. The standard InChI is InChI=1S/C8H19NS/c1-3-4-5-6-10-7-8(2)9/h8H,3-7,9H2,1-2H3/t8-/m1/s1. The molecule has 0 radical (unpaired) electrons. The lowest BCUT2D eigenvalue weighted by atomic mass is 10.3. The number of hydrogen-bond acceptors (Lipinski definition) is 2. The van der Waals surface area contributed by atoms with Crippen molar-refractivity contribution in [1.82, 2.24) is 0 Å². The SMILES string of the molecule is CCCCCSC[C@@H](C)N. The van der Waals surface area contributed by atoms with Crippen molar-refractivity contribution in [3.05, 3.63) is 0 Å². The maximum absolute atomic E-state index is 5.59. The molecule has 0 rings (SSSR count). The van der Waals surface area contributed by atoms with Gasteiger partial charge in [-0.2, -0.15) is 11.8 Å². The predicted molar refractivity (Wildman–Crippen MR) is 50.5 cm³/mol. The van der Waals surface area contributed by atoms with E-state index in [0.717, 1.165) is 5.75 Å². The molecule has 0 aromatic rings. The zero-order valence-electron chi connectivity index (χ0n) is 7.10. The molecular formula is C8H19NS. The van der Waals surface area contributed by atoms with E-state index in [2.05, 4.69) is 13.8 Å². The molecule has 0 saturated carbocycles. The number of unbranched alkanes of at least 4 members (excludes halogenated alkanes) is 2. The van der Waals surface area contributed by atoms with Crippen LogP contribution in [0.2, 0.25) is 0 Å². The monoisotopic (exact) mass is 161 g/mol. The van der Waals surface area contributed by atoms with Gasteiger partial charge in [-0.15, -0.1) is 0 Å². The second-order valence-corrected chi connectivity index (χ2v) is 3.91. The Labute approximate surface area is 68.8 Å². The molecule has 0 bridgehead atoms. The molecule has 1 nitrogen and oxygen atoms in total. The summed E-state index contributed by atoms with van der Waals surface area (Å²) in [6, 6.07) is 0.367. The van der Waals surface area contributed by atoms with Gasteiger partial charge in [0.25, 0.3) is 0 Å². The number of thioether (sulfide) groups is 1. The van der Waals surface area contributed by atoms with Gasteiger partial charge in [-0.1, -0.05) is 19.8 Å². The Morgan fingerprint density at radius 1 is 1.40 bits per heavy atom. The van der Waals surface area contributed by atoms with Crippen LogP contribution in [0.1, 0.15) is 33.1 Å². The summed E-state index contributed by atoms with van der Waals surface area (Å²) in [5.41, 5.74) is 5.59. The Balaban J connectivity index is 2.77. The van der Waals surface area contributed by atoms with Crippen molar-refractivity contribution in [2.24, 2.45) is 5.73 Å². The first-order valence-corrected chi connectivity index (χ1v) is 5.26. The van der Waals surface area contributed by atoms with Crippen molar-refractivity contribution in [2.45, 2.75) is 39.2 Å². The van der Waals surface area contributed by atoms with Crippen molar-refractivity contribution in [2.75, 3.05) is 11.5 Å². The van der Waals surface area contributed by atoms with Gasteiger partial charge in [0, 0.05) is 11.8 Å². The van der Waals surface area contributed by atoms with E-state index in [1.807, 2.05) is 11.8 Å². The molecule has 0 aromatic heterocycles. The fourth-order valence-corrected chi connectivity index (χ4v) is 1.67. The molecule has 2 N–H and O–H groups in total. The zero-order chi connectivity index (χ0) is 7.82. The number of hydrogen-bond donors (Lipinski definition) is 1. The van der Waals surface area contributed by atoms with Crippen molar-refractivity contribution < 1.29 is 0 Å². The van der Waals surface area contributed by atoms with E-state index in [1.54, 1.807) is 0 Å². The van der Waals surface area contributed by atoms with Crippen LogP contribution in [0, 0.1) is 0 Å². The van der Waals surface area contributed by atoms with Gasteiger partial charge in [-0.25, -0.2) is 0 Å². The van der Waals surface area contributed by atoms with Crippen molar-refractivity contribution in [3.63, 3.8) is 0 Å². The second kappa shape index (κ2) is 7.42. The van der Waals surface area contributed by atoms with Gasteiger partial charge >= 0.3 is 0 Å². The highest BCUT2D eigenvalue weighted by Crippen LogP contribution is 2.06. The molecule has 0 unspecified atom stereocenters. The van der Waals surface area contributed by atoms with Crippen LogP contribution in [0.25, 0.3) is 0 Å². The third kappa shape index (κ3) is 8.31. The van der Waals surface area contributed by atoms with Gasteiger partial charge < -0.3 is 5.73 Å². The van der Waals surface area contributed by atoms with Crippen LogP contribution in [-0.4, -0.2) is 17.5 Å². The number of nitrogens with two attached hydrogens (primary N) is 1. The molecule has 10 heavy (non-hydrogen) atoms. The quantitative estimate of drug-likeness (QED) is 0.605. The second-order valence-electron chi connectivity index (χ2n) is 2.76. The minimum absolute atomic E-state index is 0.367. The lowest BCUT2D eigenvalue weighted by molar-refractivity contribution is 0.776. The highest BCUT2D eigenvalue weighted by molar-refractivity contribution is 7.99. The third-order valence-corrected chi connectivity index (χ3v) is 2.61. The summed E-state index contributed by atoms with van der Waals surface area (Å²) >= 11 is 1.98. The maximum atomic E-state index is 5.59. The largest absolute Gasteiger partial charge is 0.327 e. The topological polar surface area (TPSA) is 26.0 Å². The van der Waals surface area contributed by atoms with E-state index in [0.29, 0.717) is 6.04 Å². The summed E-state index contributed by atoms with van der Waals surface area (Å²) in [5, 5.41) is 0. The summed E-state index contributed by atoms with van der Waals surface area (Å²) in [6.07, 6.45) is 4.04. The third-order valence-electron chi connectivity index (χ3n) is 1.27. The molecule has 0 aliphatic rings. The van der Waals surface area contributed by atoms with Gasteiger partial charge in [0.2, 0.25) is 0 Å². The first kappa shape index (κ1) is 10.3. The van der Waals surface area contributed by atoms with Crippen LogP contribution in [0.5, 0.6) is 0 Å². The molecule has 0 aromatic carbocycles. The molecule has 0 heterocycles. The van der Waals surface area contributed by atoms with Gasteiger partial charge in [-0.3, -0.25) is 0 Å². The Hall–Kier alpha value is 0.310. The van der Waals surface area contributed by atoms with Crippen LogP contribution in [0.3, 0.4) is 0 Å². The normalized spacial score (nSPS) is 13.5. The van der Waals surface area contributed by atoms with Gasteiger partial charge in [0.15, 0.2) is 0 Å². The summed E-state index contributed by atoms with van der Waals surface area (Å²) in [7, 11) is 0. The minimum atomic E-state index is 0.367. The molecule has 0 amide bonds. The maximum Gasteiger partial charge on any atom is 0.0101 e. The number of rotatable bonds is 6. The summed E-state index contributed by atoms with van der Waals surface area (Å²) in [4.78, 5) is 0.